The molecule has 0 aliphatic carbocycles. The smallest absolute Gasteiger partial charge is 0.266 e. The molecule has 0 bridgehead atoms. The maximum Gasteiger partial charge on any atom is 0.282 e. The SMILES string of the molecule is Cc1cc(I)ccc1N1C(=O)/C(=C\c2ccccc2)N=C1c1ccccc1. The molecule has 0 N–H and O–H groups in total. The number of rotatable bonds is 3. The minimum atomic E-state index is -0.109. The Balaban J connectivity index is 1.85. The molecule has 1 aliphatic heterocycles. The van der Waals surface area contributed by atoms with Gasteiger partial charge >= 0.3 is 0 Å². The molecule has 1 heterocycles. The van der Waals surface area contributed by atoms with E-state index in [1.807, 2.05) is 85.8 Å². The van der Waals surface area contributed by atoms with Crippen LogP contribution in [0.5, 0.6) is 0 Å². The lowest BCUT2D eigenvalue weighted by molar-refractivity contribution is -0.113. The van der Waals surface area contributed by atoms with Gasteiger partial charge in [0.15, 0.2) is 0 Å². The summed E-state index contributed by atoms with van der Waals surface area (Å²) in [6, 6.07) is 25.7. The summed E-state index contributed by atoms with van der Waals surface area (Å²) in [6.07, 6.45) is 1.84. The van der Waals surface area contributed by atoms with Gasteiger partial charge < -0.3 is 0 Å². The molecule has 27 heavy (non-hydrogen) atoms. The van der Waals surface area contributed by atoms with Crippen molar-refractivity contribution in [2.75, 3.05) is 4.90 Å². The van der Waals surface area contributed by atoms with Crippen LogP contribution in [0.3, 0.4) is 0 Å². The Morgan fingerprint density at radius 2 is 1.59 bits per heavy atom. The minimum absolute atomic E-state index is 0.109. The van der Waals surface area contributed by atoms with Gasteiger partial charge in [-0.15, -0.1) is 0 Å². The van der Waals surface area contributed by atoms with Crippen LogP contribution in [-0.2, 0) is 4.79 Å². The molecule has 0 saturated heterocycles. The number of halogens is 1. The van der Waals surface area contributed by atoms with Gasteiger partial charge in [-0.05, 0) is 64.9 Å². The van der Waals surface area contributed by atoms with Crippen molar-refractivity contribution in [3.8, 4) is 0 Å². The lowest BCUT2D eigenvalue weighted by atomic mass is 10.1. The molecule has 0 unspecified atom stereocenters. The summed E-state index contributed by atoms with van der Waals surface area (Å²) in [5.41, 5.74) is 4.22. The lowest BCUT2D eigenvalue weighted by Gasteiger charge is -2.20. The van der Waals surface area contributed by atoms with E-state index < -0.39 is 0 Å². The van der Waals surface area contributed by atoms with E-state index >= 15 is 0 Å². The summed E-state index contributed by atoms with van der Waals surface area (Å²) in [4.78, 5) is 19.7. The van der Waals surface area contributed by atoms with Crippen molar-refractivity contribution in [2.45, 2.75) is 6.92 Å². The van der Waals surface area contributed by atoms with E-state index in [0.717, 1.165) is 25.9 Å². The molecule has 3 aromatic carbocycles. The molecule has 0 radical (unpaired) electrons. The summed E-state index contributed by atoms with van der Waals surface area (Å²) in [5, 5.41) is 0. The molecule has 1 amide bonds. The van der Waals surface area contributed by atoms with Crippen molar-refractivity contribution in [3.63, 3.8) is 0 Å². The average molecular weight is 464 g/mol. The molecular weight excluding hydrogens is 447 g/mol. The van der Waals surface area contributed by atoms with Crippen molar-refractivity contribution in [2.24, 2.45) is 4.99 Å². The number of benzene rings is 3. The lowest BCUT2D eigenvalue weighted by Crippen LogP contribution is -2.33. The molecule has 0 aromatic heterocycles. The first-order chi connectivity index (χ1) is 13.1. The van der Waals surface area contributed by atoms with E-state index in [9.17, 15) is 4.79 Å². The first kappa shape index (κ1) is 17.7. The van der Waals surface area contributed by atoms with E-state index in [4.69, 9.17) is 4.99 Å². The number of aryl methyl sites for hydroxylation is 1. The third kappa shape index (κ3) is 3.57. The van der Waals surface area contributed by atoms with Crippen LogP contribution in [0, 0.1) is 10.5 Å². The zero-order valence-electron chi connectivity index (χ0n) is 14.8. The summed E-state index contributed by atoms with van der Waals surface area (Å²) in [7, 11) is 0. The Bertz CT molecular complexity index is 1060. The van der Waals surface area contributed by atoms with Gasteiger partial charge in [-0.1, -0.05) is 60.7 Å². The second kappa shape index (κ2) is 7.48. The van der Waals surface area contributed by atoms with E-state index in [-0.39, 0.29) is 5.91 Å². The molecule has 0 atom stereocenters. The van der Waals surface area contributed by atoms with Crippen LogP contribution in [-0.4, -0.2) is 11.7 Å². The number of nitrogens with zero attached hydrogens (tertiary/aromatic N) is 2. The van der Waals surface area contributed by atoms with Gasteiger partial charge in [-0.2, -0.15) is 0 Å². The second-order valence-electron chi connectivity index (χ2n) is 6.31. The second-order valence-corrected chi connectivity index (χ2v) is 7.56. The number of carbonyl (C=O) groups is 1. The quantitative estimate of drug-likeness (QED) is 0.376. The highest BCUT2D eigenvalue weighted by Crippen LogP contribution is 2.30. The molecule has 3 nitrogen and oxygen atoms in total. The van der Waals surface area contributed by atoms with Crippen molar-refractivity contribution < 1.29 is 4.79 Å². The van der Waals surface area contributed by atoms with Gasteiger partial charge in [0.1, 0.15) is 11.5 Å². The molecule has 1 aliphatic rings. The summed E-state index contributed by atoms with van der Waals surface area (Å²) >= 11 is 2.28. The highest BCUT2D eigenvalue weighted by molar-refractivity contribution is 14.1. The maximum atomic E-state index is 13.3. The van der Waals surface area contributed by atoms with Crippen LogP contribution < -0.4 is 4.90 Å². The van der Waals surface area contributed by atoms with Crippen LogP contribution in [0.25, 0.3) is 6.08 Å². The molecular formula is C23H17IN2O. The molecule has 0 spiro atoms. The third-order valence-electron chi connectivity index (χ3n) is 4.40. The predicted molar refractivity (Wildman–Crippen MR) is 119 cm³/mol. The fourth-order valence-corrected chi connectivity index (χ4v) is 3.74. The van der Waals surface area contributed by atoms with Crippen LogP contribution >= 0.6 is 22.6 Å². The third-order valence-corrected chi connectivity index (χ3v) is 5.07. The summed E-state index contributed by atoms with van der Waals surface area (Å²) in [5.74, 6) is 0.550. The topological polar surface area (TPSA) is 32.7 Å². The van der Waals surface area contributed by atoms with Gasteiger partial charge in [-0.3, -0.25) is 9.69 Å². The van der Waals surface area contributed by atoms with E-state index in [0.29, 0.717) is 11.5 Å². The number of aliphatic imine (C=N–C) groups is 1. The minimum Gasteiger partial charge on any atom is -0.266 e. The van der Waals surface area contributed by atoms with Crippen molar-refractivity contribution in [3.05, 3.63) is 105 Å². The van der Waals surface area contributed by atoms with E-state index in [2.05, 4.69) is 28.7 Å². The van der Waals surface area contributed by atoms with Gasteiger partial charge in [0.25, 0.3) is 5.91 Å². The highest BCUT2D eigenvalue weighted by Gasteiger charge is 2.33. The normalized spacial score (nSPS) is 15.3. The van der Waals surface area contributed by atoms with Gasteiger partial charge in [0.2, 0.25) is 0 Å². The van der Waals surface area contributed by atoms with Gasteiger partial charge in [-0.25, -0.2) is 4.99 Å². The summed E-state index contributed by atoms with van der Waals surface area (Å²) < 4.78 is 1.14. The van der Waals surface area contributed by atoms with Crippen molar-refractivity contribution >= 4 is 46.1 Å². The average Bonchev–Trinajstić information content (AvgIpc) is 3.00. The zero-order valence-corrected chi connectivity index (χ0v) is 16.9. The zero-order chi connectivity index (χ0) is 18.8. The fourth-order valence-electron chi connectivity index (χ4n) is 3.10. The summed E-state index contributed by atoms with van der Waals surface area (Å²) in [6.45, 7) is 2.02. The predicted octanol–water partition coefficient (Wildman–Crippen LogP) is 5.43. The maximum absolute atomic E-state index is 13.3. The Morgan fingerprint density at radius 1 is 0.926 bits per heavy atom. The number of carbonyl (C=O) groups excluding carboxylic acids is 1. The number of amidine groups is 1. The van der Waals surface area contributed by atoms with Crippen LogP contribution in [0.15, 0.2) is 89.6 Å². The number of amides is 1. The molecule has 3 aromatic rings. The number of anilines is 1. The van der Waals surface area contributed by atoms with E-state index in [1.165, 1.54) is 0 Å². The van der Waals surface area contributed by atoms with E-state index in [1.54, 1.807) is 4.90 Å². The Labute approximate surface area is 172 Å². The Kier molecular flexibility index (Phi) is 4.90. The first-order valence-corrected chi connectivity index (χ1v) is 9.73. The molecule has 0 saturated carbocycles. The van der Waals surface area contributed by atoms with Gasteiger partial charge in [0, 0.05) is 9.13 Å². The number of hydrogen-bond acceptors (Lipinski definition) is 2. The van der Waals surface area contributed by atoms with Crippen molar-refractivity contribution in [1.29, 1.82) is 0 Å². The molecule has 132 valence electrons. The Hall–Kier alpha value is -2.73. The molecule has 4 heteroatoms. The Morgan fingerprint density at radius 3 is 2.26 bits per heavy atom. The standard InChI is InChI=1S/C23H17IN2O/c1-16-14-19(24)12-13-21(16)26-22(18-10-6-3-7-11-18)25-20(23(26)27)15-17-8-4-2-5-9-17/h2-15H,1H3/b20-15+. The first-order valence-electron chi connectivity index (χ1n) is 8.65. The van der Waals surface area contributed by atoms with Crippen LogP contribution in [0.1, 0.15) is 16.7 Å². The largest absolute Gasteiger partial charge is 0.282 e. The van der Waals surface area contributed by atoms with Crippen LogP contribution in [0.2, 0.25) is 0 Å². The number of hydrogen-bond donors (Lipinski definition) is 0. The molecule has 0 fully saturated rings. The fraction of sp³-hybridized carbons (Fsp3) is 0.0435. The highest BCUT2D eigenvalue weighted by atomic mass is 127. The van der Waals surface area contributed by atoms with Gasteiger partial charge in [0.05, 0.1) is 5.69 Å². The van der Waals surface area contributed by atoms with Crippen molar-refractivity contribution in [1.82, 2.24) is 0 Å². The monoisotopic (exact) mass is 464 g/mol. The molecule has 4 rings (SSSR count). The van der Waals surface area contributed by atoms with Crippen LogP contribution in [0.4, 0.5) is 5.69 Å².